The van der Waals surface area contributed by atoms with Gasteiger partial charge in [-0.15, -0.1) is 0 Å². The summed E-state index contributed by atoms with van der Waals surface area (Å²) in [7, 11) is 0. The Morgan fingerprint density at radius 1 is 1.04 bits per heavy atom. The van der Waals surface area contributed by atoms with E-state index in [1.54, 1.807) is 24.3 Å². The lowest BCUT2D eigenvalue weighted by atomic mass is 9.88. The van der Waals surface area contributed by atoms with Crippen molar-refractivity contribution in [3.63, 3.8) is 0 Å². The summed E-state index contributed by atoms with van der Waals surface area (Å²) in [6.45, 7) is -0.835. The second-order valence-electron chi connectivity index (χ2n) is 5.54. The zero-order valence-corrected chi connectivity index (χ0v) is 14.2. The van der Waals surface area contributed by atoms with Crippen LogP contribution in [0.4, 0.5) is 0 Å². The van der Waals surface area contributed by atoms with Crippen LogP contribution in [0.15, 0.2) is 65.3 Å². The van der Waals surface area contributed by atoms with E-state index < -0.39 is 18.3 Å². The molecule has 2 atom stereocenters. The third kappa shape index (κ3) is 5.03. The summed E-state index contributed by atoms with van der Waals surface area (Å²) < 4.78 is 11.8. The molecule has 0 radical (unpaired) electrons. The van der Waals surface area contributed by atoms with Crippen molar-refractivity contribution in [1.82, 2.24) is 0 Å². The number of ether oxygens (including phenoxy) is 2. The lowest BCUT2D eigenvalue weighted by Gasteiger charge is -2.36. The molecular formula is C19H23NO6. The molecule has 2 unspecified atom stereocenters. The number of rotatable bonds is 7. The van der Waals surface area contributed by atoms with Gasteiger partial charge in [0.05, 0.1) is 32.3 Å². The maximum atomic E-state index is 11.4. The van der Waals surface area contributed by atoms with Crippen LogP contribution >= 0.6 is 0 Å². The van der Waals surface area contributed by atoms with Gasteiger partial charge in [-0.05, 0) is 29.4 Å². The van der Waals surface area contributed by atoms with Crippen LogP contribution in [0.5, 0.6) is 5.75 Å². The SMILES string of the molecule is NC(=O)CC1OC(Oc2ccccc2)C(=CCO)C(=CCO)C1=CCO. The number of carbonyl (C=O) groups is 1. The van der Waals surface area contributed by atoms with Crippen LogP contribution in [0.2, 0.25) is 0 Å². The molecule has 1 amide bonds. The van der Waals surface area contributed by atoms with Crippen molar-refractivity contribution in [3.8, 4) is 5.75 Å². The van der Waals surface area contributed by atoms with Crippen molar-refractivity contribution in [3.05, 3.63) is 65.3 Å². The topological polar surface area (TPSA) is 122 Å². The number of nitrogens with two attached hydrogens (primary N) is 1. The van der Waals surface area contributed by atoms with E-state index in [4.69, 9.17) is 15.2 Å². The second-order valence-corrected chi connectivity index (χ2v) is 5.54. The van der Waals surface area contributed by atoms with Gasteiger partial charge in [0, 0.05) is 5.57 Å². The minimum atomic E-state index is -0.914. The first-order valence-corrected chi connectivity index (χ1v) is 8.19. The zero-order valence-electron chi connectivity index (χ0n) is 14.2. The highest BCUT2D eigenvalue weighted by Gasteiger charge is 2.35. The highest BCUT2D eigenvalue weighted by atomic mass is 16.7. The Kier molecular flexibility index (Phi) is 7.55. The largest absolute Gasteiger partial charge is 0.461 e. The lowest BCUT2D eigenvalue weighted by Crippen LogP contribution is -2.39. The van der Waals surface area contributed by atoms with Gasteiger partial charge in [0.25, 0.3) is 0 Å². The smallest absolute Gasteiger partial charge is 0.227 e. The van der Waals surface area contributed by atoms with Gasteiger partial charge >= 0.3 is 0 Å². The van der Waals surface area contributed by atoms with Gasteiger partial charge < -0.3 is 30.5 Å². The van der Waals surface area contributed by atoms with Crippen molar-refractivity contribution in [1.29, 1.82) is 0 Å². The van der Waals surface area contributed by atoms with Gasteiger partial charge in [-0.3, -0.25) is 4.79 Å². The number of benzene rings is 1. The van der Waals surface area contributed by atoms with E-state index >= 15 is 0 Å². The molecule has 26 heavy (non-hydrogen) atoms. The van der Waals surface area contributed by atoms with Crippen molar-refractivity contribution in [2.75, 3.05) is 19.8 Å². The molecule has 1 fully saturated rings. The molecule has 7 heteroatoms. The molecule has 0 saturated carbocycles. The summed E-state index contributed by atoms with van der Waals surface area (Å²) in [6, 6.07) is 8.94. The predicted molar refractivity (Wildman–Crippen MR) is 95.0 cm³/mol. The molecule has 7 nitrogen and oxygen atoms in total. The number of hydrogen-bond donors (Lipinski definition) is 4. The number of primary amides is 1. The van der Waals surface area contributed by atoms with Gasteiger partial charge in [0.2, 0.25) is 12.2 Å². The number of aliphatic hydroxyl groups is 3. The molecule has 5 N–H and O–H groups in total. The maximum absolute atomic E-state index is 11.4. The van der Waals surface area contributed by atoms with Crippen molar-refractivity contribution in [2.45, 2.75) is 18.8 Å². The van der Waals surface area contributed by atoms with E-state index in [-0.39, 0.29) is 26.2 Å². The van der Waals surface area contributed by atoms with Crippen LogP contribution < -0.4 is 10.5 Å². The molecule has 2 rings (SSSR count). The van der Waals surface area contributed by atoms with Gasteiger partial charge in [0.1, 0.15) is 5.75 Å². The summed E-state index contributed by atoms with van der Waals surface area (Å²) in [5.41, 5.74) is 6.85. The fraction of sp³-hybridized carbons (Fsp3) is 0.316. The molecule has 0 bridgehead atoms. The summed E-state index contributed by atoms with van der Waals surface area (Å²) >= 11 is 0. The number of carbonyl (C=O) groups excluding carboxylic acids is 1. The van der Waals surface area contributed by atoms with Crippen molar-refractivity contribution >= 4 is 5.91 Å². The second kappa shape index (κ2) is 9.88. The zero-order chi connectivity index (χ0) is 18.9. The normalized spacial score (nSPS) is 25.0. The first-order valence-electron chi connectivity index (χ1n) is 8.19. The van der Waals surface area contributed by atoms with E-state index in [1.165, 1.54) is 18.2 Å². The summed E-state index contributed by atoms with van der Waals surface area (Å²) in [4.78, 5) is 11.4. The molecular weight excluding hydrogens is 338 g/mol. The molecule has 1 aliphatic heterocycles. The van der Waals surface area contributed by atoms with Gasteiger partial charge in [-0.1, -0.05) is 30.4 Å². The molecule has 1 aliphatic rings. The van der Waals surface area contributed by atoms with Crippen LogP contribution in [0.25, 0.3) is 0 Å². The first-order chi connectivity index (χ1) is 12.6. The number of para-hydroxylation sites is 1. The van der Waals surface area contributed by atoms with Crippen LogP contribution in [0.3, 0.4) is 0 Å². The molecule has 1 saturated heterocycles. The highest BCUT2D eigenvalue weighted by molar-refractivity contribution is 5.75. The van der Waals surface area contributed by atoms with E-state index in [1.807, 2.05) is 6.07 Å². The number of amides is 1. The summed E-state index contributed by atoms with van der Waals surface area (Å²) in [5.74, 6) is -0.0349. The Balaban J connectivity index is 2.46. The Morgan fingerprint density at radius 2 is 1.65 bits per heavy atom. The van der Waals surface area contributed by atoms with Crippen molar-refractivity contribution < 1.29 is 29.6 Å². The van der Waals surface area contributed by atoms with Crippen LogP contribution in [0.1, 0.15) is 6.42 Å². The molecule has 0 aromatic heterocycles. The van der Waals surface area contributed by atoms with Crippen LogP contribution in [-0.2, 0) is 9.53 Å². The van der Waals surface area contributed by atoms with E-state index in [0.717, 1.165) is 0 Å². The average molecular weight is 361 g/mol. The number of hydrogen-bond acceptors (Lipinski definition) is 6. The summed E-state index contributed by atoms with van der Waals surface area (Å²) in [5, 5.41) is 28.1. The van der Waals surface area contributed by atoms with Gasteiger partial charge in [-0.2, -0.15) is 0 Å². The van der Waals surface area contributed by atoms with Crippen LogP contribution in [0, 0.1) is 0 Å². The molecule has 0 aliphatic carbocycles. The molecule has 1 heterocycles. The third-order valence-corrected chi connectivity index (χ3v) is 3.80. The quantitative estimate of drug-likeness (QED) is 0.558. The van der Waals surface area contributed by atoms with E-state index in [9.17, 15) is 20.1 Å². The highest BCUT2D eigenvalue weighted by Crippen LogP contribution is 2.36. The monoisotopic (exact) mass is 361 g/mol. The minimum absolute atomic E-state index is 0.115. The van der Waals surface area contributed by atoms with Crippen molar-refractivity contribution in [2.24, 2.45) is 5.73 Å². The first kappa shape index (κ1) is 19.9. The molecule has 1 aromatic rings. The van der Waals surface area contributed by atoms with Gasteiger partial charge in [0.15, 0.2) is 0 Å². The molecule has 0 spiro atoms. The summed E-state index contributed by atoms with van der Waals surface area (Å²) in [6.07, 6.45) is 2.72. The van der Waals surface area contributed by atoms with Crippen LogP contribution in [-0.4, -0.2) is 53.4 Å². The minimum Gasteiger partial charge on any atom is -0.461 e. The fourth-order valence-electron chi connectivity index (χ4n) is 2.79. The maximum Gasteiger partial charge on any atom is 0.227 e. The fourth-order valence-corrected chi connectivity index (χ4v) is 2.79. The number of aliphatic hydroxyl groups excluding tert-OH is 3. The Bertz CT molecular complexity index is 695. The van der Waals surface area contributed by atoms with E-state index in [2.05, 4.69) is 0 Å². The standard InChI is InChI=1S/C19H23NO6/c20-18(24)12-17-15(7-10-22)14(6-9-21)16(8-11-23)19(26-17)25-13-4-2-1-3-5-13/h1-8,17,19,21-23H,9-12H2,(H2,20,24). The van der Waals surface area contributed by atoms with E-state index in [0.29, 0.717) is 22.5 Å². The Labute approximate surface area is 151 Å². The Morgan fingerprint density at radius 3 is 2.23 bits per heavy atom. The molecule has 140 valence electrons. The third-order valence-electron chi connectivity index (χ3n) is 3.80. The lowest BCUT2D eigenvalue weighted by molar-refractivity contribution is -0.126. The Hall–Kier alpha value is -2.45. The molecule has 1 aromatic carbocycles. The average Bonchev–Trinajstić information content (AvgIpc) is 2.61. The predicted octanol–water partition coefficient (Wildman–Crippen LogP) is 0.422. The van der Waals surface area contributed by atoms with Gasteiger partial charge in [-0.25, -0.2) is 0 Å².